The molecule has 0 radical (unpaired) electrons. The summed E-state index contributed by atoms with van der Waals surface area (Å²) in [6.45, 7) is 0. The molecule has 0 aromatic heterocycles. The van der Waals surface area contributed by atoms with Gasteiger partial charge in [-0.2, -0.15) is 0 Å². The van der Waals surface area contributed by atoms with E-state index in [1.54, 1.807) is 6.07 Å². The normalized spacial score (nSPS) is 12.3. The van der Waals surface area contributed by atoms with Gasteiger partial charge in [-0.1, -0.05) is 23.7 Å². The number of benzene rings is 2. The first-order valence-corrected chi connectivity index (χ1v) is 5.94. The first-order chi connectivity index (χ1) is 9.02. The van der Waals surface area contributed by atoms with Crippen molar-refractivity contribution in [3.8, 4) is 5.75 Å². The summed E-state index contributed by atoms with van der Waals surface area (Å²) in [7, 11) is 1.39. The summed E-state index contributed by atoms with van der Waals surface area (Å²) < 4.78 is 31.5. The Labute approximate surface area is 114 Å². The second-order valence-corrected chi connectivity index (χ2v) is 4.45. The summed E-state index contributed by atoms with van der Waals surface area (Å²) in [5.74, 6) is -0.865. The fourth-order valence-electron chi connectivity index (χ4n) is 1.77. The van der Waals surface area contributed by atoms with Crippen molar-refractivity contribution in [1.82, 2.24) is 0 Å². The molecule has 2 aromatic rings. The van der Waals surface area contributed by atoms with E-state index < -0.39 is 17.7 Å². The zero-order chi connectivity index (χ0) is 14.0. The molecule has 5 heteroatoms. The number of nitrogens with two attached hydrogens (primary N) is 1. The van der Waals surface area contributed by atoms with Gasteiger partial charge in [0.05, 0.1) is 18.2 Å². The molecule has 100 valence electrons. The third-order valence-corrected chi connectivity index (χ3v) is 3.13. The van der Waals surface area contributed by atoms with E-state index in [-0.39, 0.29) is 10.8 Å². The van der Waals surface area contributed by atoms with E-state index in [2.05, 4.69) is 0 Å². The Morgan fingerprint density at radius 1 is 1.05 bits per heavy atom. The number of hydrogen-bond donors (Lipinski definition) is 1. The second-order valence-electron chi connectivity index (χ2n) is 4.05. The molecule has 0 saturated carbocycles. The third kappa shape index (κ3) is 2.85. The van der Waals surface area contributed by atoms with E-state index in [0.29, 0.717) is 11.1 Å². The fraction of sp³-hybridized carbons (Fsp3) is 0.143. The Morgan fingerprint density at radius 3 is 2.26 bits per heavy atom. The lowest BCUT2D eigenvalue weighted by atomic mass is 9.99. The highest BCUT2D eigenvalue weighted by atomic mass is 35.5. The molecule has 2 aromatic carbocycles. The third-order valence-electron chi connectivity index (χ3n) is 2.84. The molecule has 0 spiro atoms. The molecule has 0 heterocycles. The molecule has 0 fully saturated rings. The van der Waals surface area contributed by atoms with Crippen LogP contribution in [0, 0.1) is 11.6 Å². The molecule has 0 aliphatic heterocycles. The fourth-order valence-corrected chi connectivity index (χ4v) is 1.96. The van der Waals surface area contributed by atoms with Crippen LogP contribution in [0.4, 0.5) is 8.78 Å². The van der Waals surface area contributed by atoms with Crippen LogP contribution in [0.25, 0.3) is 0 Å². The SMILES string of the molecule is COc1ccc(C(N)c2ccc(F)c(Cl)c2)cc1F. The van der Waals surface area contributed by atoms with Gasteiger partial charge in [-0.3, -0.25) is 0 Å². The quantitative estimate of drug-likeness (QED) is 0.933. The Hall–Kier alpha value is -1.65. The van der Waals surface area contributed by atoms with E-state index in [1.807, 2.05) is 0 Å². The van der Waals surface area contributed by atoms with Crippen LogP contribution in [0.3, 0.4) is 0 Å². The summed E-state index contributed by atoms with van der Waals surface area (Å²) in [4.78, 5) is 0. The number of methoxy groups -OCH3 is 1. The summed E-state index contributed by atoms with van der Waals surface area (Å²) >= 11 is 5.70. The Balaban J connectivity index is 2.35. The summed E-state index contributed by atoms with van der Waals surface area (Å²) in [6, 6.07) is 8.05. The van der Waals surface area contributed by atoms with E-state index >= 15 is 0 Å². The summed E-state index contributed by atoms with van der Waals surface area (Å²) in [6.07, 6.45) is 0. The van der Waals surface area contributed by atoms with Crippen LogP contribution in [0.2, 0.25) is 5.02 Å². The molecule has 1 atom stereocenters. The molecular formula is C14H12ClF2NO. The topological polar surface area (TPSA) is 35.2 Å². The number of rotatable bonds is 3. The minimum Gasteiger partial charge on any atom is -0.494 e. The molecule has 0 bridgehead atoms. The molecule has 2 N–H and O–H groups in total. The van der Waals surface area contributed by atoms with E-state index in [1.165, 1.54) is 37.4 Å². The lowest BCUT2D eigenvalue weighted by Gasteiger charge is -2.14. The zero-order valence-electron chi connectivity index (χ0n) is 10.2. The number of halogens is 3. The monoisotopic (exact) mass is 283 g/mol. The van der Waals surface area contributed by atoms with Crippen molar-refractivity contribution < 1.29 is 13.5 Å². The van der Waals surface area contributed by atoms with Crippen LogP contribution in [0.15, 0.2) is 36.4 Å². The molecule has 0 saturated heterocycles. The largest absolute Gasteiger partial charge is 0.494 e. The van der Waals surface area contributed by atoms with Gasteiger partial charge in [0.2, 0.25) is 0 Å². The van der Waals surface area contributed by atoms with Crippen molar-refractivity contribution in [2.75, 3.05) is 7.11 Å². The highest BCUT2D eigenvalue weighted by Crippen LogP contribution is 2.27. The standard InChI is InChI=1S/C14H12ClF2NO/c1-19-13-5-3-9(7-12(13)17)14(18)8-2-4-11(16)10(15)6-8/h2-7,14H,18H2,1H3. The molecule has 0 aliphatic carbocycles. The Morgan fingerprint density at radius 2 is 1.68 bits per heavy atom. The molecule has 0 amide bonds. The second kappa shape index (κ2) is 5.55. The van der Waals surface area contributed by atoms with Gasteiger partial charge in [-0.25, -0.2) is 8.78 Å². The van der Waals surface area contributed by atoms with Gasteiger partial charge < -0.3 is 10.5 Å². The van der Waals surface area contributed by atoms with Crippen LogP contribution in [-0.4, -0.2) is 7.11 Å². The van der Waals surface area contributed by atoms with Crippen LogP contribution in [0.1, 0.15) is 17.2 Å². The lowest BCUT2D eigenvalue weighted by molar-refractivity contribution is 0.386. The van der Waals surface area contributed by atoms with Crippen molar-refractivity contribution in [3.63, 3.8) is 0 Å². The van der Waals surface area contributed by atoms with Crippen LogP contribution in [-0.2, 0) is 0 Å². The van der Waals surface area contributed by atoms with Gasteiger partial charge in [0.1, 0.15) is 5.82 Å². The van der Waals surface area contributed by atoms with Crippen LogP contribution >= 0.6 is 11.6 Å². The van der Waals surface area contributed by atoms with Crippen molar-refractivity contribution in [3.05, 3.63) is 64.2 Å². The lowest BCUT2D eigenvalue weighted by Crippen LogP contribution is -2.12. The summed E-state index contributed by atoms with van der Waals surface area (Å²) in [5.41, 5.74) is 7.17. The van der Waals surface area contributed by atoms with Gasteiger partial charge in [-0.15, -0.1) is 0 Å². The Kier molecular flexibility index (Phi) is 4.02. The maximum absolute atomic E-state index is 13.6. The number of ether oxygens (including phenoxy) is 1. The first kappa shape index (κ1) is 13.8. The van der Waals surface area contributed by atoms with E-state index in [0.717, 1.165) is 0 Å². The minimum absolute atomic E-state index is 0.0121. The highest BCUT2D eigenvalue weighted by molar-refractivity contribution is 6.30. The molecule has 1 unspecified atom stereocenters. The van der Waals surface area contributed by atoms with Crippen molar-refractivity contribution in [1.29, 1.82) is 0 Å². The number of hydrogen-bond acceptors (Lipinski definition) is 2. The summed E-state index contributed by atoms with van der Waals surface area (Å²) in [5, 5.41) is -0.0121. The maximum Gasteiger partial charge on any atom is 0.165 e. The minimum atomic E-state index is -0.585. The zero-order valence-corrected chi connectivity index (χ0v) is 10.9. The van der Waals surface area contributed by atoms with Gasteiger partial charge in [0.15, 0.2) is 11.6 Å². The van der Waals surface area contributed by atoms with E-state index in [9.17, 15) is 8.78 Å². The molecule has 2 rings (SSSR count). The van der Waals surface area contributed by atoms with Gasteiger partial charge in [0, 0.05) is 0 Å². The van der Waals surface area contributed by atoms with Crippen molar-refractivity contribution in [2.24, 2.45) is 5.73 Å². The van der Waals surface area contributed by atoms with Gasteiger partial charge in [0.25, 0.3) is 0 Å². The van der Waals surface area contributed by atoms with Crippen molar-refractivity contribution in [2.45, 2.75) is 6.04 Å². The highest BCUT2D eigenvalue weighted by Gasteiger charge is 2.13. The van der Waals surface area contributed by atoms with Crippen LogP contribution in [0.5, 0.6) is 5.75 Å². The smallest absolute Gasteiger partial charge is 0.165 e. The molecule has 2 nitrogen and oxygen atoms in total. The average molecular weight is 284 g/mol. The predicted molar refractivity (Wildman–Crippen MR) is 70.4 cm³/mol. The van der Waals surface area contributed by atoms with Crippen LogP contribution < -0.4 is 10.5 Å². The maximum atomic E-state index is 13.6. The van der Waals surface area contributed by atoms with Crippen molar-refractivity contribution >= 4 is 11.6 Å². The van der Waals surface area contributed by atoms with E-state index in [4.69, 9.17) is 22.1 Å². The first-order valence-electron chi connectivity index (χ1n) is 5.57. The Bertz CT molecular complexity index is 604. The predicted octanol–water partition coefficient (Wildman–Crippen LogP) is 3.67. The molecule has 0 aliphatic rings. The van der Waals surface area contributed by atoms with Gasteiger partial charge in [-0.05, 0) is 35.4 Å². The average Bonchev–Trinajstić information content (AvgIpc) is 2.41. The van der Waals surface area contributed by atoms with Gasteiger partial charge >= 0.3 is 0 Å². The molecular weight excluding hydrogens is 272 g/mol. The molecule has 19 heavy (non-hydrogen) atoms.